The van der Waals surface area contributed by atoms with E-state index in [4.69, 9.17) is 0 Å². The number of benzene rings is 3. The first kappa shape index (κ1) is 17.3. The third kappa shape index (κ3) is 4.74. The van der Waals surface area contributed by atoms with Crippen LogP contribution in [0, 0.1) is 0 Å². The minimum atomic E-state index is 0.680. The maximum Gasteiger partial charge on any atom is 0.150 e. The molecular formula is C24H18O2. The highest BCUT2D eigenvalue weighted by Crippen LogP contribution is 2.13. The predicted molar refractivity (Wildman–Crippen MR) is 108 cm³/mol. The van der Waals surface area contributed by atoms with Crippen molar-refractivity contribution in [2.75, 3.05) is 0 Å². The van der Waals surface area contributed by atoms with Crippen LogP contribution in [0.15, 0.2) is 72.8 Å². The number of carbonyl (C=O) groups is 2. The lowest BCUT2D eigenvalue weighted by atomic mass is 10.1. The van der Waals surface area contributed by atoms with Crippen molar-refractivity contribution >= 4 is 36.9 Å². The van der Waals surface area contributed by atoms with Crippen molar-refractivity contribution in [1.82, 2.24) is 0 Å². The Kier molecular flexibility index (Phi) is 5.69. The van der Waals surface area contributed by atoms with Gasteiger partial charge in [0.2, 0.25) is 0 Å². The van der Waals surface area contributed by atoms with E-state index in [2.05, 4.69) is 24.3 Å². The van der Waals surface area contributed by atoms with Crippen LogP contribution in [0.5, 0.6) is 0 Å². The van der Waals surface area contributed by atoms with Crippen LogP contribution in [0.25, 0.3) is 24.3 Å². The molecule has 3 aromatic rings. The average Bonchev–Trinajstić information content (AvgIpc) is 2.72. The molecule has 0 saturated carbocycles. The molecule has 0 aromatic heterocycles. The van der Waals surface area contributed by atoms with Gasteiger partial charge in [-0.15, -0.1) is 0 Å². The fourth-order valence-corrected chi connectivity index (χ4v) is 2.47. The van der Waals surface area contributed by atoms with Crippen molar-refractivity contribution < 1.29 is 9.59 Å². The standard InChI is InChI=1S/C24H18O2/c25-17-23-13-9-21(10-14-23)7-5-19-1-2-20(4-3-19)6-8-22-11-15-24(18-26)16-12-22/h1-18H/b7-5+,8-6+. The van der Waals surface area contributed by atoms with Gasteiger partial charge in [-0.2, -0.15) is 0 Å². The molecule has 0 fully saturated rings. The van der Waals surface area contributed by atoms with E-state index < -0.39 is 0 Å². The summed E-state index contributed by atoms with van der Waals surface area (Å²) in [5, 5.41) is 0. The minimum Gasteiger partial charge on any atom is -0.298 e. The molecule has 3 aromatic carbocycles. The highest BCUT2D eigenvalue weighted by Gasteiger charge is 1.93. The Morgan fingerprint density at radius 2 is 0.538 bits per heavy atom. The second-order valence-electron chi connectivity index (χ2n) is 5.90. The second kappa shape index (κ2) is 8.54. The van der Waals surface area contributed by atoms with Crippen LogP contribution in [0.2, 0.25) is 0 Å². The number of aldehydes is 2. The van der Waals surface area contributed by atoms with Crippen molar-refractivity contribution in [3.63, 3.8) is 0 Å². The zero-order valence-electron chi connectivity index (χ0n) is 14.2. The molecule has 0 N–H and O–H groups in total. The van der Waals surface area contributed by atoms with E-state index in [9.17, 15) is 9.59 Å². The molecule has 26 heavy (non-hydrogen) atoms. The molecule has 0 unspecified atom stereocenters. The molecule has 0 heterocycles. The van der Waals surface area contributed by atoms with Crippen LogP contribution >= 0.6 is 0 Å². The van der Waals surface area contributed by atoms with Gasteiger partial charge in [0, 0.05) is 11.1 Å². The molecule has 0 atom stereocenters. The van der Waals surface area contributed by atoms with Gasteiger partial charge in [0.1, 0.15) is 12.6 Å². The van der Waals surface area contributed by atoms with E-state index in [1.54, 1.807) is 0 Å². The molecule has 2 nitrogen and oxygen atoms in total. The van der Waals surface area contributed by atoms with Crippen LogP contribution in [0.1, 0.15) is 43.0 Å². The van der Waals surface area contributed by atoms with Crippen molar-refractivity contribution in [2.24, 2.45) is 0 Å². The Hall–Kier alpha value is -3.52. The van der Waals surface area contributed by atoms with Gasteiger partial charge < -0.3 is 0 Å². The summed E-state index contributed by atoms with van der Waals surface area (Å²) in [4.78, 5) is 21.3. The maximum atomic E-state index is 10.7. The summed E-state index contributed by atoms with van der Waals surface area (Å²) < 4.78 is 0. The minimum absolute atomic E-state index is 0.680. The first-order chi connectivity index (χ1) is 12.8. The van der Waals surface area contributed by atoms with Crippen molar-refractivity contribution in [3.8, 4) is 0 Å². The van der Waals surface area contributed by atoms with E-state index in [1.807, 2.05) is 72.8 Å². The molecule has 126 valence electrons. The summed E-state index contributed by atoms with van der Waals surface area (Å²) in [6.07, 6.45) is 9.82. The van der Waals surface area contributed by atoms with Crippen LogP contribution in [-0.2, 0) is 0 Å². The number of carbonyl (C=O) groups excluding carboxylic acids is 2. The molecule has 0 aliphatic carbocycles. The van der Waals surface area contributed by atoms with Gasteiger partial charge in [0.05, 0.1) is 0 Å². The van der Waals surface area contributed by atoms with Gasteiger partial charge in [0.25, 0.3) is 0 Å². The van der Waals surface area contributed by atoms with Crippen molar-refractivity contribution in [3.05, 3.63) is 106 Å². The third-order valence-corrected chi connectivity index (χ3v) is 4.02. The van der Waals surface area contributed by atoms with E-state index in [1.165, 1.54) is 0 Å². The second-order valence-corrected chi connectivity index (χ2v) is 5.90. The maximum absolute atomic E-state index is 10.7. The highest BCUT2D eigenvalue weighted by atomic mass is 16.1. The summed E-state index contributed by atoms with van der Waals surface area (Å²) in [6, 6.07) is 23.2. The molecule has 0 aliphatic heterocycles. The Labute approximate surface area is 153 Å². The lowest BCUT2D eigenvalue weighted by Crippen LogP contribution is -1.79. The predicted octanol–water partition coefficient (Wildman–Crippen LogP) is 5.65. The Morgan fingerprint density at radius 1 is 0.346 bits per heavy atom. The normalized spacial score (nSPS) is 11.1. The number of hydrogen-bond donors (Lipinski definition) is 0. The number of rotatable bonds is 6. The topological polar surface area (TPSA) is 34.1 Å². The van der Waals surface area contributed by atoms with Gasteiger partial charge in [-0.1, -0.05) is 97.1 Å². The Morgan fingerprint density at radius 3 is 0.731 bits per heavy atom. The fraction of sp³-hybridized carbons (Fsp3) is 0. The Bertz CT molecular complexity index is 849. The molecule has 3 rings (SSSR count). The van der Waals surface area contributed by atoms with Crippen LogP contribution in [-0.4, -0.2) is 12.6 Å². The van der Waals surface area contributed by atoms with E-state index in [0.717, 1.165) is 34.8 Å². The summed E-state index contributed by atoms with van der Waals surface area (Å²) in [5.41, 5.74) is 5.68. The smallest absolute Gasteiger partial charge is 0.150 e. The van der Waals surface area contributed by atoms with Crippen molar-refractivity contribution in [2.45, 2.75) is 0 Å². The molecule has 0 spiro atoms. The molecule has 0 radical (unpaired) electrons. The largest absolute Gasteiger partial charge is 0.298 e. The average molecular weight is 338 g/mol. The number of hydrogen-bond acceptors (Lipinski definition) is 2. The van der Waals surface area contributed by atoms with E-state index in [0.29, 0.717) is 11.1 Å². The van der Waals surface area contributed by atoms with Gasteiger partial charge in [0.15, 0.2) is 0 Å². The monoisotopic (exact) mass is 338 g/mol. The van der Waals surface area contributed by atoms with Crippen molar-refractivity contribution in [1.29, 1.82) is 0 Å². The zero-order valence-corrected chi connectivity index (χ0v) is 14.2. The molecule has 0 amide bonds. The first-order valence-corrected chi connectivity index (χ1v) is 8.33. The van der Waals surface area contributed by atoms with Gasteiger partial charge in [-0.25, -0.2) is 0 Å². The lowest BCUT2D eigenvalue weighted by molar-refractivity contribution is 0.111. The molecule has 0 aliphatic rings. The summed E-state index contributed by atoms with van der Waals surface area (Å²) in [6.45, 7) is 0. The SMILES string of the molecule is O=Cc1ccc(/C=C/c2ccc(/C=C/c3ccc(C=O)cc3)cc2)cc1. The van der Waals surface area contributed by atoms with E-state index >= 15 is 0 Å². The highest BCUT2D eigenvalue weighted by molar-refractivity contribution is 5.78. The molecule has 0 saturated heterocycles. The summed E-state index contributed by atoms with van der Waals surface area (Å²) in [7, 11) is 0. The lowest BCUT2D eigenvalue weighted by Gasteiger charge is -1.98. The Balaban J connectivity index is 1.65. The summed E-state index contributed by atoms with van der Waals surface area (Å²) >= 11 is 0. The van der Waals surface area contributed by atoms with Crippen LogP contribution in [0.3, 0.4) is 0 Å². The summed E-state index contributed by atoms with van der Waals surface area (Å²) in [5.74, 6) is 0. The fourth-order valence-electron chi connectivity index (χ4n) is 2.47. The molecular weight excluding hydrogens is 320 g/mol. The van der Waals surface area contributed by atoms with Gasteiger partial charge >= 0.3 is 0 Å². The third-order valence-electron chi connectivity index (χ3n) is 4.02. The van der Waals surface area contributed by atoms with E-state index in [-0.39, 0.29) is 0 Å². The van der Waals surface area contributed by atoms with Gasteiger partial charge in [-0.05, 0) is 22.3 Å². The van der Waals surface area contributed by atoms with Crippen LogP contribution in [0.4, 0.5) is 0 Å². The van der Waals surface area contributed by atoms with Gasteiger partial charge in [-0.3, -0.25) is 9.59 Å². The zero-order chi connectivity index (χ0) is 18.2. The quantitative estimate of drug-likeness (QED) is 0.430. The molecule has 0 bridgehead atoms. The first-order valence-electron chi connectivity index (χ1n) is 8.33. The molecule has 2 heteroatoms. The van der Waals surface area contributed by atoms with Crippen LogP contribution < -0.4 is 0 Å².